The third kappa shape index (κ3) is 8.67. The van der Waals surface area contributed by atoms with Gasteiger partial charge in [-0.25, -0.2) is 9.59 Å². The fourth-order valence-corrected chi connectivity index (χ4v) is 4.07. The number of esters is 2. The Balaban J connectivity index is 1.61. The van der Waals surface area contributed by atoms with Gasteiger partial charge in [-0.05, 0) is 66.6 Å². The van der Waals surface area contributed by atoms with Crippen LogP contribution in [0.2, 0.25) is 0 Å². The molecule has 0 aliphatic heterocycles. The summed E-state index contributed by atoms with van der Waals surface area (Å²) in [5.74, 6) is -0.861. The predicted octanol–water partition coefficient (Wildman–Crippen LogP) is 7.91. The first-order chi connectivity index (χ1) is 17.6. The number of hydrogen-bond acceptors (Lipinski definition) is 4. The molecule has 4 heteroatoms. The molecule has 1 unspecified atom stereocenters. The first kappa shape index (κ1) is 27.2. The number of carbonyl (C=O) groups excluding carboxylic acids is 2. The molecule has 0 aliphatic rings. The van der Waals surface area contributed by atoms with Gasteiger partial charge in [0, 0.05) is 0 Å². The molecular formula is C32H38O4. The maximum Gasteiger partial charge on any atom is 0.338 e. The molecule has 1 atom stereocenters. The van der Waals surface area contributed by atoms with Crippen molar-refractivity contribution < 1.29 is 19.1 Å². The minimum absolute atomic E-state index is 0.0536. The molecule has 36 heavy (non-hydrogen) atoms. The van der Waals surface area contributed by atoms with Crippen LogP contribution in [0.15, 0.2) is 78.9 Å². The Hall–Kier alpha value is -3.40. The van der Waals surface area contributed by atoms with Crippen molar-refractivity contribution in [2.75, 3.05) is 6.61 Å². The van der Waals surface area contributed by atoms with Crippen LogP contribution >= 0.6 is 0 Å². The van der Waals surface area contributed by atoms with Crippen molar-refractivity contribution in [2.24, 2.45) is 0 Å². The van der Waals surface area contributed by atoms with Crippen molar-refractivity contribution in [3.8, 4) is 0 Å². The van der Waals surface area contributed by atoms with E-state index in [0.717, 1.165) is 31.2 Å². The third-order valence-corrected chi connectivity index (χ3v) is 6.30. The molecule has 0 bridgehead atoms. The molecule has 0 aliphatic carbocycles. The Kier molecular flexibility index (Phi) is 11.2. The van der Waals surface area contributed by atoms with E-state index in [-0.39, 0.29) is 6.61 Å². The molecule has 190 valence electrons. The fourth-order valence-electron chi connectivity index (χ4n) is 4.07. The fraction of sp³-hybridized carbons (Fsp3) is 0.375. The average molecular weight is 487 g/mol. The molecule has 0 saturated carbocycles. The second-order valence-corrected chi connectivity index (χ2v) is 9.21. The van der Waals surface area contributed by atoms with Crippen molar-refractivity contribution in [3.05, 3.63) is 107 Å². The molecule has 4 nitrogen and oxygen atoms in total. The molecule has 0 radical (unpaired) electrons. The second-order valence-electron chi connectivity index (χ2n) is 9.21. The summed E-state index contributed by atoms with van der Waals surface area (Å²) in [5.41, 5.74) is 4.18. The lowest BCUT2D eigenvalue weighted by Crippen LogP contribution is -2.19. The minimum Gasteiger partial charge on any atom is -0.458 e. The van der Waals surface area contributed by atoms with Crippen LogP contribution in [0.4, 0.5) is 0 Å². The molecule has 3 rings (SSSR count). The third-order valence-electron chi connectivity index (χ3n) is 6.30. The number of hydrogen-bond donors (Lipinski definition) is 0. The van der Waals surface area contributed by atoms with Gasteiger partial charge in [0.05, 0.1) is 11.1 Å². The quantitative estimate of drug-likeness (QED) is 0.172. The molecular weight excluding hydrogens is 448 g/mol. The summed E-state index contributed by atoms with van der Waals surface area (Å²) in [6.45, 7) is 4.32. The van der Waals surface area contributed by atoms with Crippen LogP contribution in [0.3, 0.4) is 0 Å². The Bertz CT molecular complexity index is 1060. The summed E-state index contributed by atoms with van der Waals surface area (Å²) in [6, 6.07) is 24.5. The zero-order valence-electron chi connectivity index (χ0n) is 21.6. The lowest BCUT2D eigenvalue weighted by molar-refractivity contribution is -0.00133. The summed E-state index contributed by atoms with van der Waals surface area (Å²) in [7, 11) is 0. The van der Waals surface area contributed by atoms with Crippen molar-refractivity contribution in [1.82, 2.24) is 0 Å². The molecule has 0 aromatic heterocycles. The summed E-state index contributed by atoms with van der Waals surface area (Å²) in [5, 5.41) is 0. The Morgan fingerprint density at radius 3 is 1.64 bits per heavy atom. The van der Waals surface area contributed by atoms with E-state index in [1.807, 2.05) is 54.6 Å². The highest BCUT2D eigenvalue weighted by Gasteiger charge is 2.21. The standard InChI is InChI=1S/C32H38O4/c1-3-5-8-12-25-16-20-28(21-17-25)31(33)35-24-30(27-14-10-7-11-15-27)36-32(34)29-22-18-26(19-23-29)13-9-6-4-2/h7,10-11,14-23,30H,3-6,8-9,12-13,24H2,1-2H3. The van der Waals surface area contributed by atoms with Gasteiger partial charge in [0.1, 0.15) is 6.61 Å². The molecule has 0 N–H and O–H groups in total. The van der Waals surface area contributed by atoms with Crippen molar-refractivity contribution in [1.29, 1.82) is 0 Å². The SMILES string of the molecule is CCCCCc1ccc(C(=O)OCC(OC(=O)c2ccc(CCCCC)cc2)c2ccccc2)cc1. The van der Waals surface area contributed by atoms with Crippen LogP contribution in [-0.2, 0) is 22.3 Å². The van der Waals surface area contributed by atoms with E-state index in [1.165, 1.54) is 36.8 Å². The van der Waals surface area contributed by atoms with E-state index in [0.29, 0.717) is 11.1 Å². The van der Waals surface area contributed by atoms with Gasteiger partial charge in [-0.15, -0.1) is 0 Å². The van der Waals surface area contributed by atoms with E-state index >= 15 is 0 Å². The van der Waals surface area contributed by atoms with Gasteiger partial charge in [-0.2, -0.15) is 0 Å². The van der Waals surface area contributed by atoms with Crippen LogP contribution in [0.5, 0.6) is 0 Å². The highest BCUT2D eigenvalue weighted by atomic mass is 16.6. The molecule has 0 heterocycles. The normalized spacial score (nSPS) is 11.6. The molecule has 0 fully saturated rings. The van der Waals surface area contributed by atoms with Crippen LogP contribution < -0.4 is 0 Å². The molecule has 0 spiro atoms. The van der Waals surface area contributed by atoms with E-state index in [9.17, 15) is 9.59 Å². The summed E-state index contributed by atoms with van der Waals surface area (Å²) < 4.78 is 11.4. The number of rotatable bonds is 14. The zero-order chi connectivity index (χ0) is 25.6. The lowest BCUT2D eigenvalue weighted by atomic mass is 10.1. The smallest absolute Gasteiger partial charge is 0.338 e. The Labute approximate surface area is 215 Å². The predicted molar refractivity (Wildman–Crippen MR) is 144 cm³/mol. The van der Waals surface area contributed by atoms with E-state index in [2.05, 4.69) is 13.8 Å². The van der Waals surface area contributed by atoms with Gasteiger partial charge >= 0.3 is 11.9 Å². The highest BCUT2D eigenvalue weighted by molar-refractivity contribution is 5.90. The number of benzene rings is 3. The maximum absolute atomic E-state index is 12.9. The summed E-state index contributed by atoms with van der Waals surface area (Å²) in [4.78, 5) is 25.6. The van der Waals surface area contributed by atoms with Crippen molar-refractivity contribution in [2.45, 2.75) is 71.3 Å². The van der Waals surface area contributed by atoms with Crippen LogP contribution in [-0.4, -0.2) is 18.5 Å². The van der Waals surface area contributed by atoms with Gasteiger partial charge in [0.2, 0.25) is 0 Å². The Morgan fingerprint density at radius 1 is 0.639 bits per heavy atom. The van der Waals surface area contributed by atoms with Gasteiger partial charge in [-0.3, -0.25) is 0 Å². The van der Waals surface area contributed by atoms with Crippen LogP contribution in [0, 0.1) is 0 Å². The van der Waals surface area contributed by atoms with E-state index < -0.39 is 18.0 Å². The van der Waals surface area contributed by atoms with Crippen LogP contribution in [0.1, 0.15) is 95.9 Å². The number of ether oxygens (including phenoxy) is 2. The lowest BCUT2D eigenvalue weighted by Gasteiger charge is -2.19. The summed E-state index contributed by atoms with van der Waals surface area (Å²) >= 11 is 0. The second kappa shape index (κ2) is 14.9. The van der Waals surface area contributed by atoms with Gasteiger partial charge in [0.15, 0.2) is 6.10 Å². The molecule has 3 aromatic rings. The van der Waals surface area contributed by atoms with Gasteiger partial charge in [0.25, 0.3) is 0 Å². The number of unbranched alkanes of at least 4 members (excludes halogenated alkanes) is 4. The van der Waals surface area contributed by atoms with E-state index in [1.54, 1.807) is 24.3 Å². The average Bonchev–Trinajstić information content (AvgIpc) is 2.92. The zero-order valence-corrected chi connectivity index (χ0v) is 21.6. The van der Waals surface area contributed by atoms with E-state index in [4.69, 9.17) is 9.47 Å². The summed E-state index contributed by atoms with van der Waals surface area (Å²) in [6.07, 6.45) is 8.37. The van der Waals surface area contributed by atoms with Gasteiger partial charge in [-0.1, -0.05) is 94.1 Å². The molecule has 3 aromatic carbocycles. The maximum atomic E-state index is 12.9. The largest absolute Gasteiger partial charge is 0.458 e. The Morgan fingerprint density at radius 2 is 1.14 bits per heavy atom. The molecule has 0 saturated heterocycles. The van der Waals surface area contributed by atoms with Gasteiger partial charge < -0.3 is 9.47 Å². The molecule has 0 amide bonds. The first-order valence-electron chi connectivity index (χ1n) is 13.2. The van der Waals surface area contributed by atoms with Crippen molar-refractivity contribution in [3.63, 3.8) is 0 Å². The highest BCUT2D eigenvalue weighted by Crippen LogP contribution is 2.21. The van der Waals surface area contributed by atoms with Crippen molar-refractivity contribution >= 4 is 11.9 Å². The number of aryl methyl sites for hydroxylation is 2. The minimum atomic E-state index is -0.694. The first-order valence-corrected chi connectivity index (χ1v) is 13.2. The van der Waals surface area contributed by atoms with Crippen LogP contribution in [0.25, 0.3) is 0 Å². The topological polar surface area (TPSA) is 52.6 Å². The number of carbonyl (C=O) groups is 2. The monoisotopic (exact) mass is 486 g/mol.